The molecule has 1 atom stereocenters. The third-order valence-electron chi connectivity index (χ3n) is 4.30. The van der Waals surface area contributed by atoms with Gasteiger partial charge in [0.25, 0.3) is 0 Å². The van der Waals surface area contributed by atoms with E-state index in [1.54, 1.807) is 25.3 Å². The molecule has 8 heteroatoms. The van der Waals surface area contributed by atoms with Gasteiger partial charge < -0.3 is 14.6 Å². The van der Waals surface area contributed by atoms with Crippen LogP contribution in [-0.2, 0) is 27.8 Å². The molecule has 1 aliphatic heterocycles. The molecule has 0 aromatic heterocycles. The van der Waals surface area contributed by atoms with Crippen molar-refractivity contribution in [2.24, 2.45) is 0 Å². The molecule has 2 N–H and O–H groups in total. The van der Waals surface area contributed by atoms with Gasteiger partial charge in [0.15, 0.2) is 0 Å². The Labute approximate surface area is 152 Å². The Kier molecular flexibility index (Phi) is 5.15. The first-order chi connectivity index (χ1) is 12.4. The van der Waals surface area contributed by atoms with Gasteiger partial charge in [-0.25, -0.2) is 0 Å². The minimum Gasteiger partial charge on any atom is -0.506 e. The highest BCUT2D eigenvalue weighted by Crippen LogP contribution is 2.32. The lowest BCUT2D eigenvalue weighted by atomic mass is 10.0. The number of aldehydes is 1. The van der Waals surface area contributed by atoms with Crippen LogP contribution in [0.15, 0.2) is 42.5 Å². The van der Waals surface area contributed by atoms with Crippen LogP contribution in [0.4, 0.5) is 5.69 Å². The molecule has 1 fully saturated rings. The predicted octanol–water partition coefficient (Wildman–Crippen LogP) is 1.41. The van der Waals surface area contributed by atoms with Gasteiger partial charge in [-0.15, -0.1) is 0 Å². The summed E-state index contributed by atoms with van der Waals surface area (Å²) in [6.45, 7) is -0.0417. The molecule has 1 heterocycles. The molecule has 1 unspecified atom stereocenters. The molecule has 3 rings (SSSR count). The molecule has 2 aromatic carbocycles. The zero-order chi connectivity index (χ0) is 18.7. The maximum Gasteiger partial charge on any atom is 0.302 e. The van der Waals surface area contributed by atoms with Crippen LogP contribution in [0.2, 0.25) is 0 Å². The summed E-state index contributed by atoms with van der Waals surface area (Å²) in [5.41, 5.74) is 2.08. The Morgan fingerprint density at radius 2 is 2.04 bits per heavy atom. The van der Waals surface area contributed by atoms with Gasteiger partial charge in [0.1, 0.15) is 17.8 Å². The first-order valence-electron chi connectivity index (χ1n) is 8.13. The molecular weight excluding hydrogens is 356 g/mol. The van der Waals surface area contributed by atoms with Gasteiger partial charge in [-0.05, 0) is 42.2 Å². The van der Waals surface area contributed by atoms with Crippen molar-refractivity contribution in [1.29, 1.82) is 0 Å². The molecule has 1 aliphatic rings. The number of anilines is 1. The van der Waals surface area contributed by atoms with E-state index in [1.165, 1.54) is 0 Å². The van der Waals surface area contributed by atoms with E-state index in [0.717, 1.165) is 27.6 Å². The monoisotopic (exact) mass is 376 g/mol. The molecule has 0 spiro atoms. The number of hydrogen-bond acceptors (Lipinski definition) is 5. The van der Waals surface area contributed by atoms with Gasteiger partial charge in [0, 0.05) is 0 Å². The largest absolute Gasteiger partial charge is 0.506 e. The summed E-state index contributed by atoms with van der Waals surface area (Å²) in [6, 6.07) is 11.8. The second kappa shape index (κ2) is 7.35. The maximum absolute atomic E-state index is 12.1. The average molecular weight is 376 g/mol. The number of nitrogens with one attached hydrogen (secondary N) is 1. The second-order valence-corrected chi connectivity index (χ2v) is 7.66. The minimum atomic E-state index is -3.83. The summed E-state index contributed by atoms with van der Waals surface area (Å²) in [7, 11) is -2.20. The van der Waals surface area contributed by atoms with E-state index in [9.17, 15) is 18.3 Å². The lowest BCUT2D eigenvalue weighted by Gasteiger charge is -2.18. The van der Waals surface area contributed by atoms with Gasteiger partial charge in [0.05, 0.1) is 25.4 Å². The summed E-state index contributed by atoms with van der Waals surface area (Å²) in [4.78, 5) is 10.9. The van der Waals surface area contributed by atoms with Gasteiger partial charge >= 0.3 is 10.2 Å². The zero-order valence-corrected chi connectivity index (χ0v) is 15.1. The number of ether oxygens (including phenoxy) is 1. The number of para-hydroxylation sites is 1. The number of carbonyl (C=O) groups is 1. The van der Waals surface area contributed by atoms with Crippen LogP contribution >= 0.6 is 0 Å². The number of rotatable bonds is 6. The third-order valence-corrected chi connectivity index (χ3v) is 5.83. The number of benzene rings is 2. The van der Waals surface area contributed by atoms with Crippen LogP contribution in [0.1, 0.15) is 11.1 Å². The summed E-state index contributed by atoms with van der Waals surface area (Å²) < 4.78 is 32.7. The molecular formula is C18H20N2O5S. The topological polar surface area (TPSA) is 95.9 Å². The van der Waals surface area contributed by atoms with Crippen LogP contribution in [0.5, 0.6) is 11.5 Å². The van der Waals surface area contributed by atoms with Crippen molar-refractivity contribution in [1.82, 2.24) is 4.72 Å². The normalized spacial score (nSPS) is 18.7. The number of phenolic OH excluding ortho intramolecular Hbond substituents is 1. The molecule has 0 bridgehead atoms. The van der Waals surface area contributed by atoms with E-state index in [4.69, 9.17) is 4.74 Å². The van der Waals surface area contributed by atoms with Crippen molar-refractivity contribution in [3.05, 3.63) is 53.6 Å². The first kappa shape index (κ1) is 18.2. The summed E-state index contributed by atoms with van der Waals surface area (Å²) >= 11 is 0. The smallest absolute Gasteiger partial charge is 0.302 e. The number of aromatic hydroxyl groups is 1. The van der Waals surface area contributed by atoms with Crippen molar-refractivity contribution in [2.45, 2.75) is 18.9 Å². The Morgan fingerprint density at radius 1 is 1.27 bits per heavy atom. The molecule has 0 radical (unpaired) electrons. The van der Waals surface area contributed by atoms with Crippen LogP contribution in [0.25, 0.3) is 0 Å². The fourth-order valence-corrected chi connectivity index (χ4v) is 4.40. The summed E-state index contributed by atoms with van der Waals surface area (Å²) in [5.74, 6) is 0.668. The highest BCUT2D eigenvalue weighted by atomic mass is 32.2. The van der Waals surface area contributed by atoms with Crippen molar-refractivity contribution in [3.63, 3.8) is 0 Å². The van der Waals surface area contributed by atoms with E-state index in [0.29, 0.717) is 12.7 Å². The Morgan fingerprint density at radius 3 is 2.69 bits per heavy atom. The Hall–Kier alpha value is -2.58. The van der Waals surface area contributed by atoms with Crippen LogP contribution in [0.3, 0.4) is 0 Å². The highest BCUT2D eigenvalue weighted by molar-refractivity contribution is 7.91. The van der Waals surface area contributed by atoms with Gasteiger partial charge in [-0.3, -0.25) is 4.31 Å². The lowest BCUT2D eigenvalue weighted by molar-refractivity contribution is -0.108. The average Bonchev–Trinajstić information content (AvgIpc) is 2.94. The number of hydrogen-bond donors (Lipinski definition) is 2. The second-order valence-electron chi connectivity index (χ2n) is 6.03. The van der Waals surface area contributed by atoms with E-state index in [-0.39, 0.29) is 18.0 Å². The molecule has 0 amide bonds. The van der Waals surface area contributed by atoms with Crippen LogP contribution in [-0.4, -0.2) is 39.5 Å². The zero-order valence-electron chi connectivity index (χ0n) is 14.3. The number of phenols is 1. The van der Waals surface area contributed by atoms with Gasteiger partial charge in [-0.2, -0.15) is 13.1 Å². The fraction of sp³-hybridized carbons (Fsp3) is 0.278. The minimum absolute atomic E-state index is 0.0417. The fourth-order valence-electron chi connectivity index (χ4n) is 2.99. The number of methoxy groups -OCH3 is 1. The first-order valence-corrected chi connectivity index (χ1v) is 9.57. The number of aryl methyl sites for hydroxylation is 2. The summed E-state index contributed by atoms with van der Waals surface area (Å²) in [5, 5.41) is 10.3. The quantitative estimate of drug-likeness (QED) is 0.743. The molecule has 138 valence electrons. The Balaban J connectivity index is 1.77. The van der Waals surface area contributed by atoms with Crippen molar-refractivity contribution < 1.29 is 23.1 Å². The Bertz CT molecular complexity index is 914. The standard InChI is InChI=1S/C18H20N2O5S/c1-25-18-5-3-2-4-14(18)8-6-13-7-9-16(17(22)10-13)20-11-15(12-21)19-26(20,23)24/h2-5,7,9-10,12,15,19,22H,6,8,11H2,1H3. The molecule has 0 aliphatic carbocycles. The van der Waals surface area contributed by atoms with E-state index in [2.05, 4.69) is 4.72 Å². The van der Waals surface area contributed by atoms with Crippen molar-refractivity contribution in [3.8, 4) is 11.5 Å². The number of nitrogens with zero attached hydrogens (tertiary/aromatic N) is 1. The highest BCUT2D eigenvalue weighted by Gasteiger charge is 2.36. The maximum atomic E-state index is 12.1. The molecule has 1 saturated heterocycles. The van der Waals surface area contributed by atoms with Gasteiger partial charge in [0.2, 0.25) is 0 Å². The molecule has 26 heavy (non-hydrogen) atoms. The van der Waals surface area contributed by atoms with Crippen LogP contribution in [0, 0.1) is 0 Å². The lowest BCUT2D eigenvalue weighted by Crippen LogP contribution is -2.30. The van der Waals surface area contributed by atoms with E-state index < -0.39 is 16.3 Å². The van der Waals surface area contributed by atoms with E-state index >= 15 is 0 Å². The van der Waals surface area contributed by atoms with Crippen molar-refractivity contribution >= 4 is 22.2 Å². The SMILES string of the molecule is COc1ccccc1CCc1ccc(N2CC(C=O)NS2(=O)=O)c(O)c1. The summed E-state index contributed by atoms with van der Waals surface area (Å²) in [6.07, 6.45) is 1.92. The molecule has 0 saturated carbocycles. The van der Waals surface area contributed by atoms with Crippen LogP contribution < -0.4 is 13.8 Å². The molecule has 7 nitrogen and oxygen atoms in total. The van der Waals surface area contributed by atoms with Crippen molar-refractivity contribution in [2.75, 3.05) is 18.0 Å². The van der Waals surface area contributed by atoms with E-state index in [1.807, 2.05) is 24.3 Å². The third kappa shape index (κ3) is 3.66. The predicted molar refractivity (Wildman–Crippen MR) is 97.8 cm³/mol. The molecule has 2 aromatic rings. The number of carbonyl (C=O) groups excluding carboxylic acids is 1. The van der Waals surface area contributed by atoms with Gasteiger partial charge in [-0.1, -0.05) is 24.3 Å².